The lowest BCUT2D eigenvalue weighted by atomic mass is 9.76. The van der Waals surface area contributed by atoms with E-state index in [0.29, 0.717) is 18.5 Å². The van der Waals surface area contributed by atoms with Crippen molar-refractivity contribution >= 4 is 23.9 Å². The molecule has 0 saturated carbocycles. The van der Waals surface area contributed by atoms with Crippen LogP contribution in [0.4, 0.5) is 5.69 Å². The SMILES string of the molecule is CC(C)(C)OC(=O)c1cc(OCc2ccccc2)c(C=O)c(N2C[C@H]3[C@@H](C2=O)N3C(c2ccccc2)(c2ccccc2)c2ccccc2)c1. The minimum Gasteiger partial charge on any atom is -0.488 e. The zero-order valence-electron chi connectivity index (χ0n) is 27.8. The van der Waals surface area contributed by atoms with E-state index in [9.17, 15) is 14.4 Å². The van der Waals surface area contributed by atoms with Crippen molar-refractivity contribution in [2.24, 2.45) is 0 Å². The zero-order valence-corrected chi connectivity index (χ0v) is 27.8. The molecule has 3 atom stereocenters. The first-order valence-electron chi connectivity index (χ1n) is 16.5. The predicted molar refractivity (Wildman–Crippen MR) is 189 cm³/mol. The molecule has 7 heteroatoms. The second-order valence-corrected chi connectivity index (χ2v) is 13.5. The highest BCUT2D eigenvalue weighted by molar-refractivity contribution is 6.08. The van der Waals surface area contributed by atoms with Crippen molar-refractivity contribution in [1.82, 2.24) is 4.90 Å². The lowest BCUT2D eigenvalue weighted by Crippen LogP contribution is -2.46. The molecule has 5 aromatic carbocycles. The van der Waals surface area contributed by atoms with Gasteiger partial charge in [0.1, 0.15) is 24.0 Å². The van der Waals surface area contributed by atoms with Gasteiger partial charge in [0.15, 0.2) is 6.29 Å². The molecule has 2 saturated heterocycles. The quantitative estimate of drug-likeness (QED) is 0.0678. The predicted octanol–water partition coefficient (Wildman–Crippen LogP) is 7.42. The molecule has 49 heavy (non-hydrogen) atoms. The second kappa shape index (κ2) is 12.8. The number of ether oxygens (including phenoxy) is 2. The van der Waals surface area contributed by atoms with Gasteiger partial charge in [-0.1, -0.05) is 121 Å². The summed E-state index contributed by atoms with van der Waals surface area (Å²) in [5.74, 6) is -0.490. The number of esters is 1. The van der Waals surface area contributed by atoms with Gasteiger partial charge in [-0.25, -0.2) is 4.79 Å². The lowest BCUT2D eigenvalue weighted by molar-refractivity contribution is -0.118. The summed E-state index contributed by atoms with van der Waals surface area (Å²) in [5.41, 5.74) is 3.33. The van der Waals surface area contributed by atoms with Gasteiger partial charge in [0.05, 0.1) is 28.4 Å². The van der Waals surface area contributed by atoms with Crippen molar-refractivity contribution in [3.63, 3.8) is 0 Å². The molecule has 0 radical (unpaired) electrons. The van der Waals surface area contributed by atoms with Crippen molar-refractivity contribution < 1.29 is 23.9 Å². The minimum atomic E-state index is -0.743. The Hall–Kier alpha value is -5.53. The number of fused-ring (bicyclic) bond motifs is 1. The Morgan fingerprint density at radius 3 is 1.73 bits per heavy atom. The van der Waals surface area contributed by atoms with Gasteiger partial charge in [-0.2, -0.15) is 0 Å². The number of carbonyl (C=O) groups excluding carboxylic acids is 3. The third kappa shape index (κ3) is 5.91. The molecule has 0 spiro atoms. The van der Waals surface area contributed by atoms with E-state index >= 15 is 0 Å². The number of amides is 1. The van der Waals surface area contributed by atoms with E-state index in [1.807, 2.05) is 84.9 Å². The summed E-state index contributed by atoms with van der Waals surface area (Å²) >= 11 is 0. The monoisotopic (exact) mass is 650 g/mol. The molecule has 2 heterocycles. The number of anilines is 1. The fraction of sp³-hybridized carbons (Fsp3) is 0.214. The van der Waals surface area contributed by atoms with E-state index < -0.39 is 23.2 Å². The molecular formula is C42H38N2O5. The summed E-state index contributed by atoms with van der Waals surface area (Å²) in [7, 11) is 0. The minimum absolute atomic E-state index is 0.143. The molecular weight excluding hydrogens is 612 g/mol. The normalized spacial score (nSPS) is 18.5. The van der Waals surface area contributed by atoms with Gasteiger partial charge in [-0.05, 0) is 55.2 Å². The maximum absolute atomic E-state index is 14.6. The number of hydrogen-bond acceptors (Lipinski definition) is 6. The molecule has 1 amide bonds. The average Bonchev–Trinajstić information content (AvgIpc) is 3.73. The van der Waals surface area contributed by atoms with E-state index in [-0.39, 0.29) is 35.4 Å². The number of rotatable bonds is 10. The van der Waals surface area contributed by atoms with Gasteiger partial charge < -0.3 is 14.4 Å². The van der Waals surface area contributed by atoms with Crippen LogP contribution in [0.1, 0.15) is 63.7 Å². The van der Waals surface area contributed by atoms with Crippen LogP contribution in [-0.2, 0) is 21.7 Å². The van der Waals surface area contributed by atoms with Crippen molar-refractivity contribution in [3.05, 3.63) is 167 Å². The van der Waals surface area contributed by atoms with Crippen molar-refractivity contribution in [2.75, 3.05) is 11.4 Å². The summed E-state index contributed by atoms with van der Waals surface area (Å²) in [4.78, 5) is 44.6. The molecule has 0 N–H and O–H groups in total. The van der Waals surface area contributed by atoms with Gasteiger partial charge in [0, 0.05) is 6.54 Å². The fourth-order valence-electron chi connectivity index (χ4n) is 7.11. The van der Waals surface area contributed by atoms with E-state index in [2.05, 4.69) is 41.3 Å². The Labute approximate surface area is 286 Å². The number of benzene rings is 5. The van der Waals surface area contributed by atoms with E-state index in [4.69, 9.17) is 9.47 Å². The summed E-state index contributed by atoms with van der Waals surface area (Å²) in [6, 6.07) is 42.9. The lowest BCUT2D eigenvalue weighted by Gasteiger charge is -2.40. The Morgan fingerprint density at radius 2 is 1.29 bits per heavy atom. The van der Waals surface area contributed by atoms with E-state index in [1.165, 1.54) is 6.07 Å². The molecule has 7 nitrogen and oxygen atoms in total. The highest BCUT2D eigenvalue weighted by Crippen LogP contribution is 2.55. The molecule has 5 aromatic rings. The highest BCUT2D eigenvalue weighted by Gasteiger charge is 2.68. The standard InChI is InChI=1S/C42H38N2O5/c1-41(2,3)49-40(47)30-24-35(34(27-45)37(25-30)48-28-29-16-8-4-9-17-29)43-26-36-38(39(43)46)44(36)42(31-18-10-5-11-19-31,32-20-12-6-13-21-32)33-22-14-7-15-23-33/h4-25,27,36,38H,26,28H2,1-3H3/t36-,38-,44?/m0/s1. The van der Waals surface area contributed by atoms with Crippen molar-refractivity contribution in [3.8, 4) is 5.75 Å². The van der Waals surface area contributed by atoms with E-state index in [0.717, 1.165) is 22.3 Å². The van der Waals surface area contributed by atoms with Crippen LogP contribution in [0.3, 0.4) is 0 Å². The van der Waals surface area contributed by atoms with Crippen LogP contribution in [0, 0.1) is 0 Å². The first-order valence-corrected chi connectivity index (χ1v) is 16.5. The molecule has 0 aliphatic carbocycles. The van der Waals surface area contributed by atoms with Gasteiger partial charge >= 0.3 is 5.97 Å². The summed E-state index contributed by atoms with van der Waals surface area (Å²) < 4.78 is 11.9. The first kappa shape index (κ1) is 32.0. The molecule has 2 fully saturated rings. The van der Waals surface area contributed by atoms with Crippen LogP contribution in [0.25, 0.3) is 0 Å². The second-order valence-electron chi connectivity index (χ2n) is 13.5. The molecule has 2 aliphatic heterocycles. The third-order valence-electron chi connectivity index (χ3n) is 9.18. The largest absolute Gasteiger partial charge is 0.488 e. The highest BCUT2D eigenvalue weighted by atomic mass is 16.6. The fourth-order valence-corrected chi connectivity index (χ4v) is 7.11. The Balaban J connectivity index is 1.30. The van der Waals surface area contributed by atoms with Gasteiger partial charge in [0.2, 0.25) is 5.91 Å². The van der Waals surface area contributed by atoms with Crippen molar-refractivity contribution in [1.29, 1.82) is 0 Å². The topological polar surface area (TPSA) is 75.9 Å². The zero-order chi connectivity index (χ0) is 34.2. The Morgan fingerprint density at radius 1 is 0.776 bits per heavy atom. The molecule has 0 bridgehead atoms. The molecule has 0 aromatic heterocycles. The van der Waals surface area contributed by atoms with Crippen LogP contribution in [0.15, 0.2) is 133 Å². The number of carbonyl (C=O) groups is 3. The molecule has 246 valence electrons. The first-order chi connectivity index (χ1) is 23.7. The molecule has 2 aliphatic rings. The third-order valence-corrected chi connectivity index (χ3v) is 9.18. The average molecular weight is 651 g/mol. The summed E-state index contributed by atoms with van der Waals surface area (Å²) in [6.07, 6.45) is 0.700. The maximum atomic E-state index is 14.6. The smallest absolute Gasteiger partial charge is 0.338 e. The van der Waals surface area contributed by atoms with Gasteiger partial charge in [-0.15, -0.1) is 0 Å². The van der Waals surface area contributed by atoms with Crippen LogP contribution < -0.4 is 9.64 Å². The van der Waals surface area contributed by atoms with Crippen LogP contribution in [-0.4, -0.2) is 47.3 Å². The van der Waals surface area contributed by atoms with E-state index in [1.54, 1.807) is 31.7 Å². The van der Waals surface area contributed by atoms with Crippen molar-refractivity contribution in [2.45, 2.75) is 50.6 Å². The number of piperazine rings is 1. The van der Waals surface area contributed by atoms with Gasteiger partial charge in [0.25, 0.3) is 0 Å². The molecule has 7 rings (SSSR count). The van der Waals surface area contributed by atoms with Crippen LogP contribution in [0.2, 0.25) is 0 Å². The maximum Gasteiger partial charge on any atom is 0.338 e. The molecule has 1 unspecified atom stereocenters. The number of hydrogen-bond donors (Lipinski definition) is 0. The van der Waals surface area contributed by atoms with Crippen LogP contribution in [0.5, 0.6) is 5.75 Å². The summed E-state index contributed by atoms with van der Waals surface area (Å²) in [6.45, 7) is 5.89. The summed E-state index contributed by atoms with van der Waals surface area (Å²) in [5, 5.41) is 0. The number of nitrogens with zero attached hydrogens (tertiary/aromatic N) is 2. The van der Waals surface area contributed by atoms with Gasteiger partial charge in [-0.3, -0.25) is 14.5 Å². The van der Waals surface area contributed by atoms with Crippen LogP contribution >= 0.6 is 0 Å². The number of aldehydes is 1. The Bertz CT molecular complexity index is 1880. The Kier molecular flexibility index (Phi) is 8.38.